The van der Waals surface area contributed by atoms with E-state index in [0.717, 1.165) is 10.0 Å². The van der Waals surface area contributed by atoms with Gasteiger partial charge in [-0.05, 0) is 23.8 Å². The number of amides is 2. The fraction of sp³-hybridized carbons (Fsp3) is 0.167. The third-order valence-corrected chi connectivity index (χ3v) is 3.73. The first-order valence-electron chi connectivity index (χ1n) is 7.54. The predicted molar refractivity (Wildman–Crippen MR) is 99.6 cm³/mol. The van der Waals surface area contributed by atoms with Gasteiger partial charge in [-0.15, -0.1) is 0 Å². The van der Waals surface area contributed by atoms with Gasteiger partial charge in [0, 0.05) is 10.0 Å². The fourth-order valence-electron chi connectivity index (χ4n) is 2.04. The molecular weight excluding hydrogens is 386 g/mol. The molecule has 0 bridgehead atoms. The topological polar surface area (TPSA) is 79.8 Å². The molecule has 0 saturated carbocycles. The molecule has 2 amide bonds. The standard InChI is InChI=1S/C18H18BrN3O3/c1-25-16-8-7-15(19)10-14(16)11-21-22-18(24)12-20-17(23)9-13-5-3-2-4-6-13/h2-8,10-11H,9,12H2,1H3,(H,20,23)(H,22,24)/b21-11-. The zero-order valence-corrected chi connectivity index (χ0v) is 15.2. The van der Waals surface area contributed by atoms with Crippen LogP contribution in [0.15, 0.2) is 58.1 Å². The maximum absolute atomic E-state index is 11.8. The van der Waals surface area contributed by atoms with E-state index in [1.54, 1.807) is 13.2 Å². The Bertz CT molecular complexity index is 763. The maximum Gasteiger partial charge on any atom is 0.259 e. The predicted octanol–water partition coefficient (Wildman–Crippen LogP) is 2.27. The Balaban J connectivity index is 1.79. The van der Waals surface area contributed by atoms with Crippen molar-refractivity contribution in [1.29, 1.82) is 0 Å². The number of carbonyl (C=O) groups excluding carboxylic acids is 2. The van der Waals surface area contributed by atoms with E-state index in [9.17, 15) is 9.59 Å². The van der Waals surface area contributed by atoms with Crippen LogP contribution in [0.4, 0.5) is 0 Å². The zero-order valence-electron chi connectivity index (χ0n) is 13.7. The minimum absolute atomic E-state index is 0.140. The monoisotopic (exact) mass is 403 g/mol. The van der Waals surface area contributed by atoms with E-state index in [4.69, 9.17) is 4.74 Å². The highest BCUT2D eigenvalue weighted by Crippen LogP contribution is 2.21. The van der Waals surface area contributed by atoms with Crippen LogP contribution in [-0.2, 0) is 16.0 Å². The van der Waals surface area contributed by atoms with Gasteiger partial charge >= 0.3 is 0 Å². The molecule has 2 N–H and O–H groups in total. The first kappa shape index (κ1) is 18.7. The van der Waals surface area contributed by atoms with Gasteiger partial charge in [0.2, 0.25) is 5.91 Å². The first-order chi connectivity index (χ1) is 12.1. The van der Waals surface area contributed by atoms with Crippen molar-refractivity contribution in [3.05, 3.63) is 64.1 Å². The van der Waals surface area contributed by atoms with Gasteiger partial charge in [-0.3, -0.25) is 9.59 Å². The van der Waals surface area contributed by atoms with Crippen LogP contribution in [0, 0.1) is 0 Å². The highest BCUT2D eigenvalue weighted by Gasteiger charge is 2.06. The lowest BCUT2D eigenvalue weighted by Gasteiger charge is -2.05. The molecule has 0 aliphatic heterocycles. The summed E-state index contributed by atoms with van der Waals surface area (Å²) in [6.45, 7) is -0.140. The van der Waals surface area contributed by atoms with E-state index in [1.165, 1.54) is 6.21 Å². The van der Waals surface area contributed by atoms with Gasteiger partial charge in [0.25, 0.3) is 5.91 Å². The molecule has 25 heavy (non-hydrogen) atoms. The summed E-state index contributed by atoms with van der Waals surface area (Å²) in [5.41, 5.74) is 3.97. The van der Waals surface area contributed by atoms with Crippen LogP contribution >= 0.6 is 15.9 Å². The molecule has 0 spiro atoms. The summed E-state index contributed by atoms with van der Waals surface area (Å²) in [4.78, 5) is 23.5. The number of ether oxygens (including phenoxy) is 1. The van der Waals surface area contributed by atoms with Gasteiger partial charge in [-0.1, -0.05) is 46.3 Å². The lowest BCUT2D eigenvalue weighted by atomic mass is 10.1. The van der Waals surface area contributed by atoms with E-state index in [-0.39, 0.29) is 18.9 Å². The Kier molecular flexibility index (Phi) is 7.16. The van der Waals surface area contributed by atoms with E-state index < -0.39 is 5.91 Å². The van der Waals surface area contributed by atoms with E-state index >= 15 is 0 Å². The molecule has 7 heteroatoms. The average molecular weight is 404 g/mol. The number of halogens is 1. The first-order valence-corrected chi connectivity index (χ1v) is 8.34. The molecule has 6 nitrogen and oxygen atoms in total. The van der Waals surface area contributed by atoms with Crippen molar-refractivity contribution in [3.63, 3.8) is 0 Å². The molecule has 0 aliphatic rings. The summed E-state index contributed by atoms with van der Waals surface area (Å²) in [7, 11) is 1.56. The highest BCUT2D eigenvalue weighted by molar-refractivity contribution is 9.10. The molecule has 0 unspecified atom stereocenters. The fourth-order valence-corrected chi connectivity index (χ4v) is 2.42. The number of methoxy groups -OCH3 is 1. The SMILES string of the molecule is COc1ccc(Br)cc1/C=N\NC(=O)CNC(=O)Cc1ccccc1. The number of nitrogens with zero attached hydrogens (tertiary/aromatic N) is 1. The molecule has 2 aromatic rings. The number of hydrazone groups is 1. The number of carbonyl (C=O) groups is 2. The lowest BCUT2D eigenvalue weighted by molar-refractivity contribution is -0.125. The second kappa shape index (κ2) is 9.58. The molecule has 0 saturated heterocycles. The summed E-state index contributed by atoms with van der Waals surface area (Å²) in [5.74, 6) is 0.00276. The van der Waals surface area contributed by atoms with Crippen LogP contribution in [-0.4, -0.2) is 31.7 Å². The van der Waals surface area contributed by atoms with Crippen molar-refractivity contribution in [2.24, 2.45) is 5.10 Å². The second-order valence-corrected chi connectivity index (χ2v) is 6.03. The number of hydrogen-bond acceptors (Lipinski definition) is 4. The minimum atomic E-state index is -0.411. The Hall–Kier alpha value is -2.67. The molecule has 0 radical (unpaired) electrons. The molecule has 2 rings (SSSR count). The Morgan fingerprint density at radius 1 is 1.16 bits per heavy atom. The van der Waals surface area contributed by atoms with Gasteiger partial charge in [-0.2, -0.15) is 5.10 Å². The van der Waals surface area contributed by atoms with Crippen molar-refractivity contribution < 1.29 is 14.3 Å². The number of rotatable bonds is 7. The summed E-state index contributed by atoms with van der Waals surface area (Å²) in [5, 5.41) is 6.43. The molecule has 0 fully saturated rings. The minimum Gasteiger partial charge on any atom is -0.496 e. The van der Waals surface area contributed by atoms with Gasteiger partial charge in [0.15, 0.2) is 0 Å². The zero-order chi connectivity index (χ0) is 18.1. The highest BCUT2D eigenvalue weighted by atomic mass is 79.9. The van der Waals surface area contributed by atoms with Crippen LogP contribution in [0.1, 0.15) is 11.1 Å². The van der Waals surface area contributed by atoms with E-state index in [0.29, 0.717) is 11.3 Å². The normalized spacial score (nSPS) is 10.5. The van der Waals surface area contributed by atoms with Gasteiger partial charge < -0.3 is 10.1 Å². The van der Waals surface area contributed by atoms with Gasteiger partial charge in [0.1, 0.15) is 5.75 Å². The van der Waals surface area contributed by atoms with E-state index in [1.807, 2.05) is 42.5 Å². The lowest BCUT2D eigenvalue weighted by Crippen LogP contribution is -2.35. The van der Waals surface area contributed by atoms with Gasteiger partial charge in [-0.25, -0.2) is 5.43 Å². The molecule has 2 aromatic carbocycles. The number of benzene rings is 2. The molecule has 0 aromatic heterocycles. The number of nitrogens with one attached hydrogen (secondary N) is 2. The second-order valence-electron chi connectivity index (χ2n) is 5.12. The quantitative estimate of drug-likeness (QED) is 0.549. The summed E-state index contributed by atoms with van der Waals surface area (Å²) in [6, 6.07) is 14.8. The van der Waals surface area contributed by atoms with E-state index in [2.05, 4.69) is 31.8 Å². The molecule has 0 aliphatic carbocycles. The summed E-state index contributed by atoms with van der Waals surface area (Å²) < 4.78 is 6.08. The van der Waals surface area contributed by atoms with Crippen molar-refractivity contribution in [2.75, 3.05) is 13.7 Å². The third kappa shape index (κ3) is 6.39. The molecule has 0 atom stereocenters. The van der Waals surface area contributed by atoms with Crippen LogP contribution in [0.5, 0.6) is 5.75 Å². The van der Waals surface area contributed by atoms with Crippen LogP contribution in [0.2, 0.25) is 0 Å². The van der Waals surface area contributed by atoms with Crippen molar-refractivity contribution in [2.45, 2.75) is 6.42 Å². The van der Waals surface area contributed by atoms with Crippen molar-refractivity contribution >= 4 is 34.0 Å². The van der Waals surface area contributed by atoms with Gasteiger partial charge in [0.05, 0.1) is 26.3 Å². The molecule has 0 heterocycles. The summed E-state index contributed by atoms with van der Waals surface area (Å²) in [6.07, 6.45) is 1.71. The molecular formula is C18H18BrN3O3. The Labute approximate surface area is 154 Å². The Morgan fingerprint density at radius 2 is 1.92 bits per heavy atom. The smallest absolute Gasteiger partial charge is 0.259 e. The van der Waals surface area contributed by atoms with Crippen LogP contribution < -0.4 is 15.5 Å². The molecule has 130 valence electrons. The maximum atomic E-state index is 11.8. The number of hydrogen-bond donors (Lipinski definition) is 2. The average Bonchev–Trinajstić information content (AvgIpc) is 2.61. The largest absolute Gasteiger partial charge is 0.496 e. The van der Waals surface area contributed by atoms with Crippen LogP contribution in [0.3, 0.4) is 0 Å². The van der Waals surface area contributed by atoms with Crippen molar-refractivity contribution in [1.82, 2.24) is 10.7 Å². The van der Waals surface area contributed by atoms with Crippen molar-refractivity contribution in [3.8, 4) is 5.75 Å². The van der Waals surface area contributed by atoms with Crippen LogP contribution in [0.25, 0.3) is 0 Å². The third-order valence-electron chi connectivity index (χ3n) is 3.24. The Morgan fingerprint density at radius 3 is 2.64 bits per heavy atom. The summed E-state index contributed by atoms with van der Waals surface area (Å²) >= 11 is 3.36.